The molecular formula is C19H25N4O6PS. The largest absolute Gasteiger partial charge is 0.462 e. The third kappa shape index (κ3) is 7.48. The number of thioether (sulfide) groups is 1. The lowest BCUT2D eigenvalue weighted by atomic mass is 10.3. The molecule has 1 aliphatic heterocycles. The number of nitrogen functional groups attached to an aromatic ring is 1. The summed E-state index contributed by atoms with van der Waals surface area (Å²) in [6.07, 6.45) is 0.893. The van der Waals surface area contributed by atoms with Crippen LogP contribution in [0.2, 0.25) is 0 Å². The number of ether oxygens (including phenoxy) is 2. The van der Waals surface area contributed by atoms with E-state index in [1.54, 1.807) is 38.2 Å². The van der Waals surface area contributed by atoms with E-state index >= 15 is 0 Å². The molecule has 168 valence electrons. The Morgan fingerprint density at radius 3 is 2.87 bits per heavy atom. The molecule has 0 amide bonds. The fourth-order valence-corrected chi connectivity index (χ4v) is 4.71. The first-order valence-electron chi connectivity index (χ1n) is 9.61. The first kappa shape index (κ1) is 23.5. The van der Waals surface area contributed by atoms with Gasteiger partial charge in [0.05, 0.1) is 12.7 Å². The van der Waals surface area contributed by atoms with E-state index in [0.29, 0.717) is 11.5 Å². The highest BCUT2D eigenvalue weighted by atomic mass is 32.2. The number of carbonyl (C=O) groups is 1. The first-order chi connectivity index (χ1) is 14.9. The highest BCUT2D eigenvalue weighted by Crippen LogP contribution is 2.38. The van der Waals surface area contributed by atoms with E-state index in [1.807, 2.05) is 18.2 Å². The molecule has 1 aliphatic rings. The number of hydrogen-bond acceptors (Lipinski definition) is 10. The van der Waals surface area contributed by atoms with Gasteiger partial charge in [-0.1, -0.05) is 18.2 Å². The molecule has 3 atom stereocenters. The number of carbonyl (C=O) groups excluding carboxylic acids is 1. The standard InChI is InChI=1S/C19H25N4O6PS/c1-13(2)27-17(24)10-21-30(29-14-6-4-3-5-7-14)26-11-18-28-16(12-31-18)23-9-8-15(20)22-19(23)25/h3-9,13,16,18,21H,10-12H2,1-2H3,(H2,20,22,25). The zero-order valence-electron chi connectivity index (χ0n) is 17.2. The van der Waals surface area contributed by atoms with Crippen molar-refractivity contribution in [2.75, 3.05) is 24.6 Å². The molecule has 1 saturated heterocycles. The summed E-state index contributed by atoms with van der Waals surface area (Å²) in [5.74, 6) is 0.934. The highest BCUT2D eigenvalue weighted by Gasteiger charge is 2.29. The van der Waals surface area contributed by atoms with Crippen molar-refractivity contribution in [2.45, 2.75) is 31.6 Å². The van der Waals surface area contributed by atoms with Crippen LogP contribution >= 0.6 is 20.3 Å². The molecule has 0 spiro atoms. The number of nitrogens with zero attached hydrogens (tertiary/aromatic N) is 2. The van der Waals surface area contributed by atoms with Gasteiger partial charge < -0.3 is 24.3 Å². The maximum absolute atomic E-state index is 12.0. The lowest BCUT2D eigenvalue weighted by molar-refractivity contribution is -0.145. The van der Waals surface area contributed by atoms with Crippen molar-refractivity contribution in [1.29, 1.82) is 0 Å². The third-order valence-electron chi connectivity index (χ3n) is 3.87. The van der Waals surface area contributed by atoms with Gasteiger partial charge in [0.1, 0.15) is 29.8 Å². The molecule has 0 saturated carbocycles. The molecule has 1 aromatic heterocycles. The van der Waals surface area contributed by atoms with E-state index in [9.17, 15) is 9.59 Å². The minimum Gasteiger partial charge on any atom is -0.462 e. The van der Waals surface area contributed by atoms with E-state index in [4.69, 9.17) is 24.3 Å². The average molecular weight is 468 g/mol. The van der Waals surface area contributed by atoms with Crippen molar-refractivity contribution < 1.29 is 23.3 Å². The summed E-state index contributed by atoms with van der Waals surface area (Å²) in [5.41, 5.74) is 4.75. The van der Waals surface area contributed by atoms with E-state index in [-0.39, 0.29) is 30.5 Å². The van der Waals surface area contributed by atoms with Crippen LogP contribution in [0, 0.1) is 0 Å². The van der Waals surface area contributed by atoms with Gasteiger partial charge >= 0.3 is 20.2 Å². The Labute approximate surface area is 185 Å². The van der Waals surface area contributed by atoms with Crippen LogP contribution in [0.1, 0.15) is 20.1 Å². The Bertz CT molecular complexity index is 916. The number of aromatic nitrogens is 2. The van der Waals surface area contributed by atoms with Gasteiger partial charge in [0, 0.05) is 11.9 Å². The Balaban J connectivity index is 1.55. The molecular weight excluding hydrogens is 443 g/mol. The van der Waals surface area contributed by atoms with Crippen LogP contribution in [0.25, 0.3) is 0 Å². The smallest absolute Gasteiger partial charge is 0.351 e. The minimum absolute atomic E-state index is 0.0511. The van der Waals surface area contributed by atoms with Crippen molar-refractivity contribution in [3.63, 3.8) is 0 Å². The maximum atomic E-state index is 12.0. The molecule has 0 bridgehead atoms. The zero-order chi connectivity index (χ0) is 22.2. The predicted octanol–water partition coefficient (Wildman–Crippen LogP) is 2.28. The normalized spacial score (nSPS) is 19.3. The van der Waals surface area contributed by atoms with Crippen LogP contribution in [0.5, 0.6) is 5.75 Å². The van der Waals surface area contributed by atoms with Gasteiger partial charge in [-0.15, -0.1) is 11.8 Å². The minimum atomic E-state index is -1.63. The molecule has 0 radical (unpaired) electrons. The van der Waals surface area contributed by atoms with Crippen LogP contribution in [-0.2, 0) is 18.8 Å². The summed E-state index contributed by atoms with van der Waals surface area (Å²) in [6.45, 7) is 3.71. The van der Waals surface area contributed by atoms with E-state index in [0.717, 1.165) is 0 Å². The van der Waals surface area contributed by atoms with Crippen molar-refractivity contribution in [1.82, 2.24) is 14.6 Å². The van der Waals surface area contributed by atoms with Crippen LogP contribution in [-0.4, -0.2) is 46.0 Å². The number of hydrogen-bond donors (Lipinski definition) is 2. The molecule has 12 heteroatoms. The third-order valence-corrected chi connectivity index (χ3v) is 6.15. The van der Waals surface area contributed by atoms with Crippen LogP contribution < -0.4 is 21.0 Å². The maximum Gasteiger partial charge on any atom is 0.351 e. The molecule has 0 aliphatic carbocycles. The molecule has 31 heavy (non-hydrogen) atoms. The lowest BCUT2D eigenvalue weighted by Gasteiger charge is -2.20. The molecule has 3 N–H and O–H groups in total. The summed E-state index contributed by atoms with van der Waals surface area (Å²) >= 11 is 1.51. The number of rotatable bonds is 10. The van der Waals surface area contributed by atoms with E-state index in [1.165, 1.54) is 16.3 Å². The summed E-state index contributed by atoms with van der Waals surface area (Å²) < 4.78 is 24.2. The second-order valence-electron chi connectivity index (χ2n) is 6.73. The molecule has 2 heterocycles. The summed E-state index contributed by atoms with van der Waals surface area (Å²) in [6, 6.07) is 10.7. The van der Waals surface area contributed by atoms with Gasteiger partial charge in [0.25, 0.3) is 0 Å². The number of esters is 1. The van der Waals surface area contributed by atoms with E-state index in [2.05, 4.69) is 10.1 Å². The van der Waals surface area contributed by atoms with Crippen LogP contribution in [0.4, 0.5) is 5.82 Å². The van der Waals surface area contributed by atoms with Crippen molar-refractivity contribution in [3.05, 3.63) is 53.1 Å². The Hall–Kier alpha value is -2.17. The Morgan fingerprint density at radius 2 is 2.16 bits per heavy atom. The fraction of sp³-hybridized carbons (Fsp3) is 0.421. The number of nitrogens with two attached hydrogens (primary N) is 1. The summed E-state index contributed by atoms with van der Waals surface area (Å²) in [4.78, 5) is 27.6. The van der Waals surface area contributed by atoms with Gasteiger partial charge in [0.2, 0.25) is 0 Å². The molecule has 1 fully saturated rings. The van der Waals surface area contributed by atoms with Gasteiger partial charge in [0.15, 0.2) is 0 Å². The zero-order valence-corrected chi connectivity index (χ0v) is 18.9. The number of para-hydroxylation sites is 1. The van der Waals surface area contributed by atoms with Gasteiger partial charge in [-0.05, 0) is 32.0 Å². The van der Waals surface area contributed by atoms with Crippen molar-refractivity contribution in [3.8, 4) is 5.75 Å². The number of benzene rings is 1. The fourth-order valence-electron chi connectivity index (χ4n) is 2.57. The van der Waals surface area contributed by atoms with Gasteiger partial charge in [-0.25, -0.2) is 9.88 Å². The van der Waals surface area contributed by atoms with Crippen LogP contribution in [0.3, 0.4) is 0 Å². The van der Waals surface area contributed by atoms with E-state index < -0.39 is 26.4 Å². The quantitative estimate of drug-likeness (QED) is 0.396. The SMILES string of the molecule is CC(C)OC(=O)CNP(OCC1OC(n2ccc(N)nc2=O)CS1)Oc1ccccc1. The van der Waals surface area contributed by atoms with Gasteiger partial charge in [-0.2, -0.15) is 4.98 Å². The van der Waals surface area contributed by atoms with Crippen LogP contribution in [0.15, 0.2) is 47.4 Å². The topological polar surface area (TPSA) is 127 Å². The second kappa shape index (κ2) is 11.4. The molecule has 3 unspecified atom stereocenters. The molecule has 10 nitrogen and oxygen atoms in total. The Kier molecular flexibility index (Phi) is 8.68. The average Bonchev–Trinajstić information content (AvgIpc) is 3.19. The Morgan fingerprint density at radius 1 is 1.39 bits per heavy atom. The summed E-state index contributed by atoms with van der Waals surface area (Å²) in [5, 5.41) is 2.96. The second-order valence-corrected chi connectivity index (χ2v) is 9.19. The van der Waals surface area contributed by atoms with Gasteiger partial charge in [-0.3, -0.25) is 9.36 Å². The van der Waals surface area contributed by atoms with Crippen molar-refractivity contribution in [2.24, 2.45) is 0 Å². The number of anilines is 1. The lowest BCUT2D eigenvalue weighted by Crippen LogP contribution is -2.29. The highest BCUT2D eigenvalue weighted by molar-refractivity contribution is 8.00. The monoisotopic (exact) mass is 468 g/mol. The molecule has 1 aromatic carbocycles. The molecule has 3 rings (SSSR count). The first-order valence-corrected chi connectivity index (χ1v) is 11.8. The predicted molar refractivity (Wildman–Crippen MR) is 118 cm³/mol. The number of nitrogens with one attached hydrogen (secondary N) is 1. The summed E-state index contributed by atoms with van der Waals surface area (Å²) in [7, 11) is -1.63. The van der Waals surface area contributed by atoms with Crippen molar-refractivity contribution >= 4 is 32.1 Å². The molecule has 2 aromatic rings.